The van der Waals surface area contributed by atoms with Gasteiger partial charge in [-0.3, -0.25) is 4.79 Å². The molecule has 0 bridgehead atoms. The molecule has 5 nitrogen and oxygen atoms in total. The number of amides is 1. The number of carbonyl (C=O) groups is 1. The van der Waals surface area contributed by atoms with Crippen molar-refractivity contribution in [1.29, 1.82) is 0 Å². The molecule has 1 fully saturated rings. The van der Waals surface area contributed by atoms with Gasteiger partial charge in [-0.25, -0.2) is 0 Å². The number of hydrogen-bond donors (Lipinski definition) is 1. The number of anilines is 1. The highest BCUT2D eigenvalue weighted by atomic mass is 16.5. The summed E-state index contributed by atoms with van der Waals surface area (Å²) >= 11 is 0. The highest BCUT2D eigenvalue weighted by Gasteiger charge is 2.22. The molecule has 0 spiro atoms. The number of nitrogens with zero attached hydrogens (tertiary/aromatic N) is 2. The quantitative estimate of drug-likeness (QED) is 0.938. The first-order valence-corrected chi connectivity index (χ1v) is 7.09. The minimum Gasteiger partial charge on any atom is -0.497 e. The van der Waals surface area contributed by atoms with Gasteiger partial charge in [0.05, 0.1) is 12.7 Å². The van der Waals surface area contributed by atoms with Gasteiger partial charge < -0.3 is 19.5 Å². The molecule has 110 valence electrons. The van der Waals surface area contributed by atoms with Crippen LogP contribution in [0, 0.1) is 0 Å². The first-order valence-electron chi connectivity index (χ1n) is 7.09. The van der Waals surface area contributed by atoms with Crippen molar-refractivity contribution in [2.75, 3.05) is 38.2 Å². The number of rotatable bonds is 3. The van der Waals surface area contributed by atoms with Crippen LogP contribution in [0.2, 0.25) is 0 Å². The van der Waals surface area contributed by atoms with Crippen LogP contribution in [-0.2, 0) is 0 Å². The molecule has 3 rings (SSSR count). The third kappa shape index (κ3) is 2.86. The van der Waals surface area contributed by atoms with E-state index in [4.69, 9.17) is 4.74 Å². The van der Waals surface area contributed by atoms with E-state index in [1.807, 2.05) is 23.1 Å². The van der Waals surface area contributed by atoms with Gasteiger partial charge in [0.25, 0.3) is 5.91 Å². The standard InChI is InChI=1S/C16H19N3O2/c1-21-15-4-2-14(3-5-15)18-8-10-19(11-9-18)16(20)13-6-7-17-12-13/h2-7,12,17H,8-11H2,1H3. The Morgan fingerprint density at radius 3 is 2.38 bits per heavy atom. The van der Waals surface area contributed by atoms with Crippen LogP contribution in [0.5, 0.6) is 5.75 Å². The molecule has 0 unspecified atom stereocenters. The van der Waals surface area contributed by atoms with Crippen LogP contribution >= 0.6 is 0 Å². The maximum Gasteiger partial charge on any atom is 0.255 e. The highest BCUT2D eigenvalue weighted by molar-refractivity contribution is 5.94. The Labute approximate surface area is 124 Å². The number of benzene rings is 1. The lowest BCUT2D eigenvalue weighted by atomic mass is 10.2. The van der Waals surface area contributed by atoms with Crippen LogP contribution in [-0.4, -0.2) is 49.1 Å². The molecule has 1 aromatic carbocycles. The van der Waals surface area contributed by atoms with E-state index >= 15 is 0 Å². The second-order valence-electron chi connectivity index (χ2n) is 5.08. The Balaban J connectivity index is 1.60. The van der Waals surface area contributed by atoms with Gasteiger partial charge >= 0.3 is 0 Å². The zero-order chi connectivity index (χ0) is 14.7. The minimum absolute atomic E-state index is 0.102. The Morgan fingerprint density at radius 1 is 1.10 bits per heavy atom. The van der Waals surface area contributed by atoms with E-state index < -0.39 is 0 Å². The van der Waals surface area contributed by atoms with Gasteiger partial charge in [-0.2, -0.15) is 0 Å². The molecule has 1 amide bonds. The molecule has 2 heterocycles. The van der Waals surface area contributed by atoms with Gasteiger partial charge in [-0.15, -0.1) is 0 Å². The lowest BCUT2D eigenvalue weighted by molar-refractivity contribution is 0.0747. The molecule has 1 aromatic heterocycles. The van der Waals surface area contributed by atoms with Crippen molar-refractivity contribution in [2.45, 2.75) is 0 Å². The zero-order valence-corrected chi connectivity index (χ0v) is 12.1. The molecule has 0 aliphatic carbocycles. The van der Waals surface area contributed by atoms with Crippen molar-refractivity contribution in [2.24, 2.45) is 0 Å². The van der Waals surface area contributed by atoms with Crippen molar-refractivity contribution in [3.8, 4) is 5.75 Å². The number of H-pyrrole nitrogens is 1. The fourth-order valence-corrected chi connectivity index (χ4v) is 2.60. The lowest BCUT2D eigenvalue weighted by Gasteiger charge is -2.36. The van der Waals surface area contributed by atoms with E-state index in [1.165, 1.54) is 5.69 Å². The molecular formula is C16H19N3O2. The first kappa shape index (κ1) is 13.5. The summed E-state index contributed by atoms with van der Waals surface area (Å²) in [5, 5.41) is 0. The third-order valence-electron chi connectivity index (χ3n) is 3.85. The minimum atomic E-state index is 0.102. The molecule has 1 N–H and O–H groups in total. The molecule has 0 saturated carbocycles. The summed E-state index contributed by atoms with van der Waals surface area (Å²) in [6.07, 6.45) is 3.53. The van der Waals surface area contributed by atoms with E-state index in [1.54, 1.807) is 19.5 Å². The van der Waals surface area contributed by atoms with Crippen molar-refractivity contribution in [1.82, 2.24) is 9.88 Å². The van der Waals surface area contributed by atoms with Gasteiger partial charge in [-0.1, -0.05) is 0 Å². The van der Waals surface area contributed by atoms with E-state index in [0.717, 1.165) is 37.5 Å². The molecule has 1 saturated heterocycles. The summed E-state index contributed by atoms with van der Waals surface area (Å²) in [4.78, 5) is 19.4. The van der Waals surface area contributed by atoms with Crippen LogP contribution in [0.4, 0.5) is 5.69 Å². The second-order valence-corrected chi connectivity index (χ2v) is 5.08. The fraction of sp³-hybridized carbons (Fsp3) is 0.312. The Bertz CT molecular complexity index is 584. The Morgan fingerprint density at radius 2 is 1.81 bits per heavy atom. The molecule has 1 aliphatic rings. The summed E-state index contributed by atoms with van der Waals surface area (Å²) in [7, 11) is 1.67. The molecule has 21 heavy (non-hydrogen) atoms. The van der Waals surface area contributed by atoms with Crippen molar-refractivity contribution in [3.63, 3.8) is 0 Å². The predicted octanol–water partition coefficient (Wildman–Crippen LogP) is 1.99. The number of piperazine rings is 1. The summed E-state index contributed by atoms with van der Waals surface area (Å²) < 4.78 is 5.17. The predicted molar refractivity (Wildman–Crippen MR) is 81.9 cm³/mol. The number of ether oxygens (including phenoxy) is 1. The topological polar surface area (TPSA) is 48.6 Å². The Hall–Kier alpha value is -2.43. The van der Waals surface area contributed by atoms with Gasteiger partial charge in [0.2, 0.25) is 0 Å². The SMILES string of the molecule is COc1ccc(N2CCN(C(=O)c3cc[nH]c3)CC2)cc1. The number of aromatic amines is 1. The van der Waals surface area contributed by atoms with Crippen molar-refractivity contribution in [3.05, 3.63) is 48.3 Å². The number of methoxy groups -OCH3 is 1. The maximum absolute atomic E-state index is 12.3. The molecule has 0 radical (unpaired) electrons. The van der Waals surface area contributed by atoms with Gasteiger partial charge in [0.1, 0.15) is 5.75 Å². The summed E-state index contributed by atoms with van der Waals surface area (Å²) in [6, 6.07) is 9.86. The highest BCUT2D eigenvalue weighted by Crippen LogP contribution is 2.20. The van der Waals surface area contributed by atoms with Crippen LogP contribution in [0.15, 0.2) is 42.7 Å². The monoisotopic (exact) mass is 285 g/mol. The fourth-order valence-electron chi connectivity index (χ4n) is 2.60. The number of carbonyl (C=O) groups excluding carboxylic acids is 1. The zero-order valence-electron chi connectivity index (χ0n) is 12.1. The van der Waals surface area contributed by atoms with E-state index in [2.05, 4.69) is 22.0 Å². The van der Waals surface area contributed by atoms with Crippen molar-refractivity contribution >= 4 is 11.6 Å². The largest absolute Gasteiger partial charge is 0.497 e. The summed E-state index contributed by atoms with van der Waals surface area (Å²) in [5.74, 6) is 0.964. The average molecular weight is 285 g/mol. The number of aromatic nitrogens is 1. The van der Waals surface area contributed by atoms with E-state index in [9.17, 15) is 4.79 Å². The van der Waals surface area contributed by atoms with E-state index in [-0.39, 0.29) is 5.91 Å². The number of nitrogens with one attached hydrogen (secondary N) is 1. The van der Waals surface area contributed by atoms with Crippen LogP contribution in [0.3, 0.4) is 0 Å². The third-order valence-corrected chi connectivity index (χ3v) is 3.85. The molecule has 0 atom stereocenters. The molecule has 1 aliphatic heterocycles. The first-order chi connectivity index (χ1) is 10.3. The number of hydrogen-bond acceptors (Lipinski definition) is 3. The van der Waals surface area contributed by atoms with Crippen LogP contribution in [0.25, 0.3) is 0 Å². The summed E-state index contributed by atoms with van der Waals surface area (Å²) in [6.45, 7) is 3.19. The van der Waals surface area contributed by atoms with Crippen LogP contribution in [0.1, 0.15) is 10.4 Å². The average Bonchev–Trinajstić information content (AvgIpc) is 3.09. The lowest BCUT2D eigenvalue weighted by Crippen LogP contribution is -2.48. The normalized spacial score (nSPS) is 15.1. The molecular weight excluding hydrogens is 266 g/mol. The van der Waals surface area contributed by atoms with Crippen molar-refractivity contribution < 1.29 is 9.53 Å². The summed E-state index contributed by atoms with van der Waals surface area (Å²) in [5.41, 5.74) is 1.90. The van der Waals surface area contributed by atoms with E-state index in [0.29, 0.717) is 0 Å². The Kier molecular flexibility index (Phi) is 3.81. The van der Waals surface area contributed by atoms with Crippen LogP contribution < -0.4 is 9.64 Å². The van der Waals surface area contributed by atoms with Gasteiger partial charge in [-0.05, 0) is 30.3 Å². The molecule has 5 heteroatoms. The second kappa shape index (κ2) is 5.91. The maximum atomic E-state index is 12.3. The van der Waals surface area contributed by atoms with Gasteiger partial charge in [0.15, 0.2) is 0 Å². The smallest absolute Gasteiger partial charge is 0.255 e. The molecule has 2 aromatic rings. The van der Waals surface area contributed by atoms with Gasteiger partial charge in [0, 0.05) is 44.3 Å².